The van der Waals surface area contributed by atoms with Crippen LogP contribution in [0.2, 0.25) is 0 Å². The molecule has 1 aliphatic rings. The molecule has 1 atom stereocenters. The molecule has 1 radical (unpaired) electrons. The fourth-order valence-corrected chi connectivity index (χ4v) is 2.17. The highest BCUT2D eigenvalue weighted by Gasteiger charge is 2.51. The smallest absolute Gasteiger partial charge is 0.0494 e. The van der Waals surface area contributed by atoms with Gasteiger partial charge in [-0.3, -0.25) is 0 Å². The molecule has 1 aliphatic heterocycles. The minimum Gasteiger partial charge on any atom is -0.396 e. The molecule has 0 bridgehead atoms. The van der Waals surface area contributed by atoms with Crippen molar-refractivity contribution in [3.8, 4) is 0 Å². The van der Waals surface area contributed by atoms with Gasteiger partial charge in [0.15, 0.2) is 0 Å². The highest BCUT2D eigenvalue weighted by atomic mass is 16.5. The second kappa shape index (κ2) is 2.69. The molecule has 3 nitrogen and oxygen atoms in total. The normalized spacial score (nSPS) is 34.0. The molecule has 0 aromatic rings. The van der Waals surface area contributed by atoms with Gasteiger partial charge in [0.2, 0.25) is 0 Å². The van der Waals surface area contributed by atoms with E-state index in [9.17, 15) is 5.21 Å². The van der Waals surface area contributed by atoms with Crippen LogP contribution in [0.25, 0.3) is 0 Å². The Morgan fingerprint density at radius 1 is 1.42 bits per heavy atom. The lowest BCUT2D eigenvalue weighted by molar-refractivity contribution is -0.249. The SMILES string of the molecule is CC1(C)C[C@H](CO)C(C)(C)N1[O]. The average molecular weight is 172 g/mol. The molecule has 1 fully saturated rings. The van der Waals surface area contributed by atoms with Gasteiger partial charge in [0.25, 0.3) is 0 Å². The van der Waals surface area contributed by atoms with E-state index >= 15 is 0 Å². The van der Waals surface area contributed by atoms with Crippen LogP contribution in [0, 0.1) is 5.92 Å². The lowest BCUT2D eigenvalue weighted by Crippen LogP contribution is -2.46. The van der Waals surface area contributed by atoms with Crippen LogP contribution in [-0.4, -0.2) is 27.9 Å². The van der Waals surface area contributed by atoms with Crippen LogP contribution in [0.15, 0.2) is 0 Å². The molecule has 3 heteroatoms. The summed E-state index contributed by atoms with van der Waals surface area (Å²) in [4.78, 5) is 0. The molecule has 0 spiro atoms. The largest absolute Gasteiger partial charge is 0.396 e. The van der Waals surface area contributed by atoms with E-state index in [1.54, 1.807) is 0 Å². The van der Waals surface area contributed by atoms with E-state index in [1.165, 1.54) is 0 Å². The van der Waals surface area contributed by atoms with Gasteiger partial charge in [-0.2, -0.15) is 0 Å². The summed E-state index contributed by atoms with van der Waals surface area (Å²) in [5.74, 6) is 0.102. The molecule has 1 rings (SSSR count). The van der Waals surface area contributed by atoms with Crippen molar-refractivity contribution in [1.82, 2.24) is 5.06 Å². The maximum atomic E-state index is 11.7. The van der Waals surface area contributed by atoms with Gasteiger partial charge in [-0.25, -0.2) is 0 Å². The highest BCUT2D eigenvalue weighted by Crippen LogP contribution is 2.43. The maximum absolute atomic E-state index is 11.7. The predicted molar refractivity (Wildman–Crippen MR) is 45.9 cm³/mol. The molecular weight excluding hydrogens is 154 g/mol. The van der Waals surface area contributed by atoms with Crippen molar-refractivity contribution in [3.63, 3.8) is 0 Å². The Hall–Kier alpha value is -0.120. The van der Waals surface area contributed by atoms with E-state index < -0.39 is 5.54 Å². The number of nitrogens with zero attached hydrogens (tertiary/aromatic N) is 1. The summed E-state index contributed by atoms with van der Waals surface area (Å²) < 4.78 is 0. The van der Waals surface area contributed by atoms with Crippen molar-refractivity contribution in [2.24, 2.45) is 5.92 Å². The third kappa shape index (κ3) is 1.26. The Labute approximate surface area is 74.0 Å². The van der Waals surface area contributed by atoms with Crippen LogP contribution in [0.4, 0.5) is 0 Å². The van der Waals surface area contributed by atoms with Crippen LogP contribution in [0.5, 0.6) is 0 Å². The summed E-state index contributed by atoms with van der Waals surface area (Å²) in [6.07, 6.45) is 0.778. The lowest BCUT2D eigenvalue weighted by Gasteiger charge is -2.33. The van der Waals surface area contributed by atoms with Crippen LogP contribution in [0.1, 0.15) is 34.1 Å². The number of hydrogen-bond donors (Lipinski definition) is 1. The first-order chi connectivity index (χ1) is 5.32. The van der Waals surface area contributed by atoms with E-state index in [4.69, 9.17) is 5.11 Å². The van der Waals surface area contributed by atoms with Crippen molar-refractivity contribution in [2.75, 3.05) is 6.61 Å². The van der Waals surface area contributed by atoms with E-state index in [2.05, 4.69) is 0 Å². The van der Waals surface area contributed by atoms with Gasteiger partial charge in [-0.05, 0) is 34.1 Å². The van der Waals surface area contributed by atoms with Crippen molar-refractivity contribution < 1.29 is 10.3 Å². The minimum absolute atomic E-state index is 0.102. The number of hydrogen-bond acceptors (Lipinski definition) is 2. The fraction of sp³-hybridized carbons (Fsp3) is 1.00. The average Bonchev–Trinajstić information content (AvgIpc) is 2.11. The zero-order valence-electron chi connectivity index (χ0n) is 8.29. The minimum atomic E-state index is -0.418. The molecular formula is C9H18NO2. The predicted octanol–water partition coefficient (Wildman–Crippen LogP) is 1.20. The third-order valence-electron chi connectivity index (χ3n) is 3.04. The Kier molecular flexibility index (Phi) is 2.23. The van der Waals surface area contributed by atoms with Crippen molar-refractivity contribution in [3.05, 3.63) is 0 Å². The van der Waals surface area contributed by atoms with Crippen LogP contribution >= 0.6 is 0 Å². The van der Waals surface area contributed by atoms with Gasteiger partial charge in [0.1, 0.15) is 0 Å². The zero-order valence-corrected chi connectivity index (χ0v) is 8.29. The number of aliphatic hydroxyl groups excluding tert-OH is 1. The second-order valence-electron chi connectivity index (χ2n) is 4.84. The van der Waals surface area contributed by atoms with Crippen molar-refractivity contribution >= 4 is 0 Å². The molecule has 1 saturated heterocycles. The first-order valence-corrected chi connectivity index (χ1v) is 4.40. The summed E-state index contributed by atoms with van der Waals surface area (Å²) >= 11 is 0. The van der Waals surface area contributed by atoms with Crippen molar-refractivity contribution in [1.29, 1.82) is 0 Å². The van der Waals surface area contributed by atoms with E-state index in [0.29, 0.717) is 0 Å². The van der Waals surface area contributed by atoms with E-state index in [-0.39, 0.29) is 18.1 Å². The molecule has 12 heavy (non-hydrogen) atoms. The molecule has 0 saturated carbocycles. The molecule has 0 aliphatic carbocycles. The van der Waals surface area contributed by atoms with E-state index in [0.717, 1.165) is 11.5 Å². The zero-order chi connectivity index (χ0) is 9.57. The lowest BCUT2D eigenvalue weighted by atomic mass is 9.88. The first-order valence-electron chi connectivity index (χ1n) is 4.40. The first kappa shape index (κ1) is 9.96. The summed E-state index contributed by atoms with van der Waals surface area (Å²) in [6.45, 7) is 7.76. The standard InChI is InChI=1S/C9H18NO2/c1-8(2)5-7(6-11)9(3,4)10(8)12/h7,11H,5-6H2,1-4H3/t7-/m1/s1. The molecule has 1 N–H and O–H groups in total. The van der Waals surface area contributed by atoms with Gasteiger partial charge in [0.05, 0.1) is 0 Å². The van der Waals surface area contributed by atoms with Gasteiger partial charge in [0, 0.05) is 23.6 Å². The third-order valence-corrected chi connectivity index (χ3v) is 3.04. The van der Waals surface area contributed by atoms with Crippen LogP contribution < -0.4 is 0 Å². The molecule has 0 aromatic heterocycles. The number of rotatable bonds is 1. The number of hydroxylamine groups is 2. The summed E-state index contributed by atoms with van der Waals surface area (Å²) in [6, 6.07) is 0. The Morgan fingerprint density at radius 3 is 2.08 bits per heavy atom. The summed E-state index contributed by atoms with van der Waals surface area (Å²) in [7, 11) is 0. The monoisotopic (exact) mass is 172 g/mol. The Bertz CT molecular complexity index is 177. The topological polar surface area (TPSA) is 43.4 Å². The molecule has 0 aromatic carbocycles. The van der Waals surface area contributed by atoms with Gasteiger partial charge in [-0.15, -0.1) is 10.3 Å². The summed E-state index contributed by atoms with van der Waals surface area (Å²) in [5.41, 5.74) is -0.741. The maximum Gasteiger partial charge on any atom is 0.0494 e. The quantitative estimate of drug-likeness (QED) is 0.646. The molecule has 0 amide bonds. The molecule has 1 heterocycles. The summed E-state index contributed by atoms with van der Waals surface area (Å²) in [5, 5.41) is 21.9. The van der Waals surface area contributed by atoms with E-state index in [1.807, 2.05) is 27.7 Å². The number of aliphatic hydroxyl groups is 1. The Balaban J connectivity index is 2.88. The molecule has 71 valence electrons. The van der Waals surface area contributed by atoms with Gasteiger partial charge in [-0.1, -0.05) is 0 Å². The van der Waals surface area contributed by atoms with Crippen LogP contribution in [0.3, 0.4) is 0 Å². The fourth-order valence-electron chi connectivity index (χ4n) is 2.17. The Morgan fingerprint density at radius 2 is 1.92 bits per heavy atom. The highest BCUT2D eigenvalue weighted by molar-refractivity contribution is 5.01. The van der Waals surface area contributed by atoms with Crippen molar-refractivity contribution in [2.45, 2.75) is 45.2 Å². The molecule has 0 unspecified atom stereocenters. The van der Waals surface area contributed by atoms with Gasteiger partial charge < -0.3 is 5.11 Å². The second-order valence-corrected chi connectivity index (χ2v) is 4.84. The van der Waals surface area contributed by atoms with Gasteiger partial charge >= 0.3 is 0 Å². The van der Waals surface area contributed by atoms with Crippen LogP contribution in [-0.2, 0) is 5.21 Å².